The van der Waals surface area contributed by atoms with Gasteiger partial charge >= 0.3 is 0 Å². The summed E-state index contributed by atoms with van der Waals surface area (Å²) in [6.45, 7) is 2.96. The number of carbonyl (C=O) groups excluding carboxylic acids is 1. The van der Waals surface area contributed by atoms with E-state index in [0.717, 1.165) is 37.1 Å². The summed E-state index contributed by atoms with van der Waals surface area (Å²) >= 11 is 0. The lowest BCUT2D eigenvalue weighted by Crippen LogP contribution is -2.59. The zero-order chi connectivity index (χ0) is 20.4. The Balaban J connectivity index is 1.41. The molecule has 156 valence electrons. The maximum atomic E-state index is 13.1. The van der Waals surface area contributed by atoms with E-state index in [9.17, 15) is 15.0 Å². The van der Waals surface area contributed by atoms with Crippen LogP contribution in [-0.4, -0.2) is 67.5 Å². The SMILES string of the molecule is Cn1nc(CO)c2c1CCN(C[C@]1(O)CCCN(CCc3ccccc3)C1=O)C2. The number of benzene rings is 1. The molecule has 1 fully saturated rings. The number of aliphatic hydroxyl groups is 2. The van der Waals surface area contributed by atoms with Crippen molar-refractivity contribution in [2.75, 3.05) is 26.2 Å². The second-order valence-electron chi connectivity index (χ2n) is 8.28. The van der Waals surface area contributed by atoms with Crippen molar-refractivity contribution in [3.05, 3.63) is 52.8 Å². The largest absolute Gasteiger partial charge is 0.390 e. The minimum atomic E-state index is -1.34. The highest BCUT2D eigenvalue weighted by molar-refractivity contribution is 5.86. The molecule has 0 spiro atoms. The Morgan fingerprint density at radius 1 is 1.21 bits per heavy atom. The number of amides is 1. The molecular weight excluding hydrogens is 368 g/mol. The number of fused-ring (bicyclic) bond motifs is 1. The number of rotatable bonds is 6. The van der Waals surface area contributed by atoms with E-state index < -0.39 is 5.60 Å². The number of aromatic nitrogens is 2. The maximum Gasteiger partial charge on any atom is 0.255 e. The molecule has 1 aromatic carbocycles. The molecule has 0 saturated carbocycles. The monoisotopic (exact) mass is 398 g/mol. The number of hydrogen-bond donors (Lipinski definition) is 2. The van der Waals surface area contributed by atoms with E-state index in [1.54, 1.807) is 0 Å². The zero-order valence-electron chi connectivity index (χ0n) is 17.0. The van der Waals surface area contributed by atoms with Crippen molar-refractivity contribution >= 4 is 5.91 Å². The van der Waals surface area contributed by atoms with Crippen LogP contribution in [0.15, 0.2) is 30.3 Å². The number of aliphatic hydroxyl groups excluding tert-OH is 1. The molecule has 2 aromatic rings. The van der Waals surface area contributed by atoms with Gasteiger partial charge in [-0.15, -0.1) is 0 Å². The summed E-state index contributed by atoms with van der Waals surface area (Å²) < 4.78 is 1.84. The molecule has 0 bridgehead atoms. The lowest BCUT2D eigenvalue weighted by molar-refractivity contribution is -0.159. The predicted octanol–water partition coefficient (Wildman–Crippen LogP) is 0.867. The number of hydrogen-bond acceptors (Lipinski definition) is 5. The zero-order valence-corrected chi connectivity index (χ0v) is 17.0. The van der Waals surface area contributed by atoms with Gasteiger partial charge in [0.05, 0.1) is 12.3 Å². The predicted molar refractivity (Wildman–Crippen MR) is 109 cm³/mol. The summed E-state index contributed by atoms with van der Waals surface area (Å²) in [4.78, 5) is 17.0. The van der Waals surface area contributed by atoms with Gasteiger partial charge in [-0.1, -0.05) is 30.3 Å². The fraction of sp³-hybridized carbons (Fsp3) is 0.545. The van der Waals surface area contributed by atoms with E-state index in [1.165, 1.54) is 5.56 Å². The van der Waals surface area contributed by atoms with Gasteiger partial charge in [-0.25, -0.2) is 0 Å². The van der Waals surface area contributed by atoms with E-state index >= 15 is 0 Å². The van der Waals surface area contributed by atoms with Crippen LogP contribution in [0.2, 0.25) is 0 Å². The van der Waals surface area contributed by atoms with Crippen molar-refractivity contribution < 1.29 is 15.0 Å². The normalized spacial score (nSPS) is 22.7. The summed E-state index contributed by atoms with van der Waals surface area (Å²) in [5, 5.41) is 25.2. The Labute approximate surface area is 171 Å². The van der Waals surface area contributed by atoms with Gasteiger partial charge in [0.2, 0.25) is 0 Å². The topological polar surface area (TPSA) is 81.8 Å². The average molecular weight is 399 g/mol. The van der Waals surface area contributed by atoms with Gasteiger partial charge in [-0.2, -0.15) is 5.10 Å². The van der Waals surface area contributed by atoms with Gasteiger partial charge in [0.15, 0.2) is 5.60 Å². The van der Waals surface area contributed by atoms with Crippen molar-refractivity contribution in [1.82, 2.24) is 19.6 Å². The van der Waals surface area contributed by atoms with Crippen LogP contribution in [0, 0.1) is 0 Å². The summed E-state index contributed by atoms with van der Waals surface area (Å²) in [7, 11) is 1.90. The Morgan fingerprint density at radius 2 is 2.00 bits per heavy atom. The lowest BCUT2D eigenvalue weighted by Gasteiger charge is -2.41. The molecule has 0 radical (unpaired) electrons. The number of β-amino-alcohol motifs (C(OH)–C–C–N with tert-alkyl or cyclic N) is 1. The van der Waals surface area contributed by atoms with Gasteiger partial charge in [0.25, 0.3) is 5.91 Å². The van der Waals surface area contributed by atoms with E-state index in [1.807, 2.05) is 34.8 Å². The minimum Gasteiger partial charge on any atom is -0.390 e. The van der Waals surface area contributed by atoms with Crippen LogP contribution in [0.4, 0.5) is 0 Å². The molecule has 2 aliphatic heterocycles. The maximum absolute atomic E-state index is 13.1. The Kier molecular flexibility index (Phi) is 5.72. The van der Waals surface area contributed by atoms with Gasteiger partial charge in [0.1, 0.15) is 0 Å². The molecule has 2 aliphatic rings. The molecule has 7 heteroatoms. The summed E-state index contributed by atoms with van der Waals surface area (Å²) in [6, 6.07) is 10.1. The molecule has 0 unspecified atom stereocenters. The Morgan fingerprint density at radius 3 is 2.76 bits per heavy atom. The molecule has 29 heavy (non-hydrogen) atoms. The van der Waals surface area contributed by atoms with Gasteiger partial charge in [-0.05, 0) is 24.8 Å². The summed E-state index contributed by atoms with van der Waals surface area (Å²) in [5.41, 5.74) is 2.73. The molecule has 0 aliphatic carbocycles. The van der Waals surface area contributed by atoms with Crippen LogP contribution in [0.3, 0.4) is 0 Å². The van der Waals surface area contributed by atoms with Crippen LogP contribution < -0.4 is 0 Å². The molecule has 7 nitrogen and oxygen atoms in total. The third kappa shape index (κ3) is 4.08. The number of aryl methyl sites for hydroxylation is 1. The smallest absolute Gasteiger partial charge is 0.255 e. The first-order valence-electron chi connectivity index (χ1n) is 10.4. The van der Waals surface area contributed by atoms with Gasteiger partial charge < -0.3 is 15.1 Å². The van der Waals surface area contributed by atoms with Gasteiger partial charge in [-0.3, -0.25) is 14.4 Å². The molecule has 1 aromatic heterocycles. The molecule has 1 amide bonds. The quantitative estimate of drug-likeness (QED) is 0.755. The molecular formula is C22H30N4O3. The third-order valence-electron chi connectivity index (χ3n) is 6.26. The van der Waals surface area contributed by atoms with Crippen LogP contribution in [0.25, 0.3) is 0 Å². The minimum absolute atomic E-state index is 0.0898. The number of nitrogens with zero attached hydrogens (tertiary/aromatic N) is 4. The molecule has 4 rings (SSSR count). The third-order valence-corrected chi connectivity index (χ3v) is 6.26. The van der Waals surface area contributed by atoms with Crippen LogP contribution in [0.5, 0.6) is 0 Å². The van der Waals surface area contributed by atoms with Crippen LogP contribution in [0.1, 0.15) is 35.4 Å². The highest BCUT2D eigenvalue weighted by atomic mass is 16.3. The molecule has 1 atom stereocenters. The summed E-state index contributed by atoms with van der Waals surface area (Å²) in [5.74, 6) is -0.154. The molecule has 3 heterocycles. The molecule has 2 N–H and O–H groups in total. The first-order chi connectivity index (χ1) is 14.0. The molecule has 1 saturated heterocycles. The highest BCUT2D eigenvalue weighted by Crippen LogP contribution is 2.28. The number of piperidine rings is 1. The van der Waals surface area contributed by atoms with Crippen molar-refractivity contribution in [3.63, 3.8) is 0 Å². The van der Waals surface area contributed by atoms with E-state index in [0.29, 0.717) is 38.3 Å². The van der Waals surface area contributed by atoms with Crippen molar-refractivity contribution in [3.8, 4) is 0 Å². The van der Waals surface area contributed by atoms with E-state index in [2.05, 4.69) is 22.1 Å². The first-order valence-corrected chi connectivity index (χ1v) is 10.4. The van der Waals surface area contributed by atoms with Crippen LogP contribution in [-0.2, 0) is 37.8 Å². The second-order valence-corrected chi connectivity index (χ2v) is 8.28. The van der Waals surface area contributed by atoms with Crippen molar-refractivity contribution in [1.29, 1.82) is 0 Å². The highest BCUT2D eigenvalue weighted by Gasteiger charge is 2.43. The van der Waals surface area contributed by atoms with E-state index in [-0.39, 0.29) is 12.5 Å². The number of carbonyl (C=O) groups is 1. The van der Waals surface area contributed by atoms with Gasteiger partial charge in [0, 0.05) is 57.4 Å². The first kappa shape index (κ1) is 20.1. The van der Waals surface area contributed by atoms with Crippen LogP contribution >= 0.6 is 0 Å². The Hall–Kier alpha value is -2.22. The Bertz CT molecular complexity index is 866. The summed E-state index contributed by atoms with van der Waals surface area (Å²) in [6.07, 6.45) is 2.91. The lowest BCUT2D eigenvalue weighted by atomic mass is 9.90. The standard InChI is InChI=1S/C22H30N4O3/c1-24-20-9-12-25(14-18(20)19(15-27)23-24)16-22(29)10-5-11-26(21(22)28)13-8-17-6-3-2-4-7-17/h2-4,6-7,27,29H,5,8-16H2,1H3/t22-/m1/s1. The van der Waals surface area contributed by atoms with E-state index in [4.69, 9.17) is 0 Å². The second kappa shape index (κ2) is 8.26. The van der Waals surface area contributed by atoms with Crippen molar-refractivity contribution in [2.45, 2.75) is 44.4 Å². The fourth-order valence-corrected chi connectivity index (χ4v) is 4.69. The van der Waals surface area contributed by atoms with Crippen molar-refractivity contribution in [2.24, 2.45) is 7.05 Å². The average Bonchev–Trinajstić information content (AvgIpc) is 3.05. The number of likely N-dealkylation sites (tertiary alicyclic amines) is 1. The fourth-order valence-electron chi connectivity index (χ4n) is 4.69.